The molecule has 1 amide bonds. The molecule has 176 valence electrons. The third-order valence-corrected chi connectivity index (χ3v) is 7.91. The lowest BCUT2D eigenvalue weighted by Gasteiger charge is -2.33. The van der Waals surface area contributed by atoms with Crippen molar-refractivity contribution in [3.8, 4) is 11.8 Å². The highest BCUT2D eigenvalue weighted by Gasteiger charge is 2.27. The highest BCUT2D eigenvalue weighted by molar-refractivity contribution is 7.89. The molecule has 8 heteroatoms. The van der Waals surface area contributed by atoms with Gasteiger partial charge in [-0.3, -0.25) is 4.79 Å². The van der Waals surface area contributed by atoms with Crippen molar-refractivity contribution < 1.29 is 17.9 Å². The molecular formula is C25H31N3O4S. The maximum absolute atomic E-state index is 12.7. The van der Waals surface area contributed by atoms with Crippen LogP contribution in [0, 0.1) is 17.2 Å². The second-order valence-corrected chi connectivity index (χ2v) is 10.4. The van der Waals surface area contributed by atoms with Gasteiger partial charge < -0.3 is 9.64 Å². The molecule has 33 heavy (non-hydrogen) atoms. The third-order valence-electron chi connectivity index (χ3n) is 6.09. The minimum Gasteiger partial charge on any atom is -0.494 e. The lowest BCUT2D eigenvalue weighted by molar-refractivity contribution is -0.132. The molecule has 0 N–H and O–H groups in total. The van der Waals surface area contributed by atoms with Crippen LogP contribution in [-0.4, -0.2) is 56.8 Å². The van der Waals surface area contributed by atoms with Crippen LogP contribution in [0.3, 0.4) is 0 Å². The average Bonchev–Trinajstić information content (AvgIpc) is 2.84. The minimum atomic E-state index is -3.79. The van der Waals surface area contributed by atoms with Crippen molar-refractivity contribution in [3.05, 3.63) is 59.7 Å². The summed E-state index contributed by atoms with van der Waals surface area (Å²) in [6, 6.07) is 15.9. The minimum absolute atomic E-state index is 0.0739. The number of piperidine rings is 1. The molecule has 0 radical (unpaired) electrons. The maximum Gasteiger partial charge on any atom is 0.243 e. The number of likely N-dealkylation sites (tertiary alicyclic amines) is 1. The predicted molar refractivity (Wildman–Crippen MR) is 126 cm³/mol. The molecule has 1 fully saturated rings. The van der Waals surface area contributed by atoms with Crippen LogP contribution in [0.1, 0.15) is 37.3 Å². The van der Waals surface area contributed by atoms with E-state index in [1.54, 1.807) is 4.90 Å². The molecule has 1 aliphatic rings. The van der Waals surface area contributed by atoms with E-state index in [0.29, 0.717) is 31.2 Å². The Morgan fingerprint density at radius 3 is 2.33 bits per heavy atom. The Labute approximate surface area is 196 Å². The summed E-state index contributed by atoms with van der Waals surface area (Å²) >= 11 is 0. The number of hydrogen-bond donors (Lipinski definition) is 0. The monoisotopic (exact) mass is 469 g/mol. The number of amides is 1. The van der Waals surface area contributed by atoms with Crippen molar-refractivity contribution >= 4 is 15.9 Å². The number of ether oxygens (including phenoxy) is 1. The van der Waals surface area contributed by atoms with E-state index in [0.717, 1.165) is 35.7 Å². The topological polar surface area (TPSA) is 90.7 Å². The van der Waals surface area contributed by atoms with E-state index in [2.05, 4.69) is 12.1 Å². The highest BCUT2D eigenvalue weighted by atomic mass is 32.2. The molecule has 3 rings (SSSR count). The Morgan fingerprint density at radius 1 is 1.12 bits per heavy atom. The van der Waals surface area contributed by atoms with Gasteiger partial charge in [0, 0.05) is 20.1 Å². The number of carbonyl (C=O) groups is 1. The second kappa shape index (κ2) is 11.3. The number of likely N-dealkylation sites (N-methyl/N-ethyl adjacent to an activating group) is 1. The fourth-order valence-corrected chi connectivity index (χ4v) is 5.14. The van der Waals surface area contributed by atoms with E-state index >= 15 is 0 Å². The molecule has 0 aliphatic carbocycles. The summed E-state index contributed by atoms with van der Waals surface area (Å²) in [5, 5.41) is 8.88. The average molecular weight is 470 g/mol. The number of sulfonamides is 1. The highest BCUT2D eigenvalue weighted by Crippen LogP contribution is 2.24. The van der Waals surface area contributed by atoms with Crippen LogP contribution in [0.5, 0.6) is 5.75 Å². The third kappa shape index (κ3) is 6.56. The van der Waals surface area contributed by atoms with Gasteiger partial charge in [0.05, 0.1) is 29.7 Å². The standard InChI is InChI=1S/C25H31N3O4S/c1-3-32-23-10-6-20(7-11-23)4-5-21-14-16-28(17-15-21)25(29)19-27(2)33(30,31)24-12-8-22(18-26)9-13-24/h6-13,21H,3-5,14-17,19H2,1-2H3. The first-order valence-electron chi connectivity index (χ1n) is 11.3. The Bertz CT molecular complexity index is 1070. The van der Waals surface area contributed by atoms with E-state index in [4.69, 9.17) is 10.00 Å². The zero-order valence-corrected chi connectivity index (χ0v) is 20.1. The van der Waals surface area contributed by atoms with Crippen LogP contribution in [0.15, 0.2) is 53.4 Å². The molecule has 0 atom stereocenters. The smallest absolute Gasteiger partial charge is 0.243 e. The molecule has 1 saturated heterocycles. The molecule has 2 aromatic rings. The summed E-state index contributed by atoms with van der Waals surface area (Å²) < 4.78 is 32.0. The molecule has 1 aliphatic heterocycles. The van der Waals surface area contributed by atoms with Gasteiger partial charge in [-0.05, 0) is 80.5 Å². The second-order valence-electron chi connectivity index (χ2n) is 8.34. The van der Waals surface area contributed by atoms with Crippen molar-refractivity contribution in [1.82, 2.24) is 9.21 Å². The van der Waals surface area contributed by atoms with Crippen molar-refractivity contribution in [2.45, 2.75) is 37.5 Å². The van der Waals surface area contributed by atoms with E-state index in [9.17, 15) is 13.2 Å². The van der Waals surface area contributed by atoms with Gasteiger partial charge >= 0.3 is 0 Å². The normalized spacial score (nSPS) is 14.8. The predicted octanol–water partition coefficient (Wildman–Crippen LogP) is 3.45. The van der Waals surface area contributed by atoms with Crippen LogP contribution < -0.4 is 4.74 Å². The fourth-order valence-electron chi connectivity index (χ4n) is 4.02. The zero-order chi connectivity index (χ0) is 23.8. The zero-order valence-electron chi connectivity index (χ0n) is 19.2. The summed E-state index contributed by atoms with van der Waals surface area (Å²) in [5.74, 6) is 1.26. The van der Waals surface area contributed by atoms with Crippen molar-refractivity contribution in [2.24, 2.45) is 5.92 Å². The van der Waals surface area contributed by atoms with Gasteiger partial charge in [-0.25, -0.2) is 8.42 Å². The molecule has 1 heterocycles. The van der Waals surface area contributed by atoms with Gasteiger partial charge in [-0.2, -0.15) is 9.57 Å². The lowest BCUT2D eigenvalue weighted by Crippen LogP contribution is -2.44. The molecule has 2 aromatic carbocycles. The van der Waals surface area contributed by atoms with Crippen LogP contribution in [0.2, 0.25) is 0 Å². The van der Waals surface area contributed by atoms with Crippen LogP contribution in [-0.2, 0) is 21.2 Å². The molecule has 7 nitrogen and oxygen atoms in total. The van der Waals surface area contributed by atoms with Crippen molar-refractivity contribution in [1.29, 1.82) is 5.26 Å². The Morgan fingerprint density at radius 2 is 1.76 bits per heavy atom. The van der Waals surface area contributed by atoms with E-state index < -0.39 is 10.0 Å². The van der Waals surface area contributed by atoms with E-state index in [-0.39, 0.29) is 17.3 Å². The van der Waals surface area contributed by atoms with Gasteiger partial charge in [0.25, 0.3) is 0 Å². The molecule has 0 saturated carbocycles. The Hall–Kier alpha value is -2.89. The van der Waals surface area contributed by atoms with Gasteiger partial charge in [-0.1, -0.05) is 12.1 Å². The van der Waals surface area contributed by atoms with E-state index in [1.807, 2.05) is 25.1 Å². The molecular weight excluding hydrogens is 438 g/mol. The maximum atomic E-state index is 12.7. The quantitative estimate of drug-likeness (QED) is 0.561. The molecule has 0 unspecified atom stereocenters. The van der Waals surface area contributed by atoms with Crippen LogP contribution in [0.4, 0.5) is 0 Å². The Balaban J connectivity index is 1.46. The number of rotatable bonds is 9. The lowest BCUT2D eigenvalue weighted by atomic mass is 9.90. The Kier molecular flexibility index (Phi) is 8.48. The molecule has 0 spiro atoms. The molecule has 0 aromatic heterocycles. The van der Waals surface area contributed by atoms with Crippen molar-refractivity contribution in [2.75, 3.05) is 33.3 Å². The first kappa shape index (κ1) is 24.7. The summed E-state index contributed by atoms with van der Waals surface area (Å²) in [7, 11) is -2.38. The van der Waals surface area contributed by atoms with Gasteiger partial charge in [0.15, 0.2) is 0 Å². The summed E-state index contributed by atoms with van der Waals surface area (Å²) in [4.78, 5) is 14.6. The first-order valence-corrected chi connectivity index (χ1v) is 12.7. The van der Waals surface area contributed by atoms with E-state index in [1.165, 1.54) is 36.9 Å². The number of benzene rings is 2. The number of carbonyl (C=O) groups excluding carboxylic acids is 1. The largest absolute Gasteiger partial charge is 0.494 e. The van der Waals surface area contributed by atoms with Crippen LogP contribution >= 0.6 is 0 Å². The first-order chi connectivity index (χ1) is 15.8. The summed E-state index contributed by atoms with van der Waals surface area (Å²) in [5.41, 5.74) is 1.67. The summed E-state index contributed by atoms with van der Waals surface area (Å²) in [6.45, 7) is 3.74. The number of nitriles is 1. The molecule has 0 bridgehead atoms. The fraction of sp³-hybridized carbons (Fsp3) is 0.440. The number of nitrogens with zero attached hydrogens (tertiary/aromatic N) is 3. The van der Waals surface area contributed by atoms with Crippen molar-refractivity contribution in [3.63, 3.8) is 0 Å². The SMILES string of the molecule is CCOc1ccc(CCC2CCN(C(=O)CN(C)S(=O)(=O)c3ccc(C#N)cc3)CC2)cc1. The summed E-state index contributed by atoms with van der Waals surface area (Å²) in [6.07, 6.45) is 3.92. The van der Waals surface area contributed by atoms with Crippen LogP contribution in [0.25, 0.3) is 0 Å². The van der Waals surface area contributed by atoms with Gasteiger partial charge in [0.2, 0.25) is 15.9 Å². The number of aryl methyl sites for hydroxylation is 1. The number of hydrogen-bond acceptors (Lipinski definition) is 5. The van der Waals surface area contributed by atoms with Gasteiger partial charge in [0.1, 0.15) is 5.75 Å². The van der Waals surface area contributed by atoms with Gasteiger partial charge in [-0.15, -0.1) is 0 Å².